The number of ether oxygens (including phenoxy) is 1. The number of nitrogens with two attached hydrogens (primary N) is 1. The SMILES string of the molecule is CCCNc1ncc(Br)cc1C(=O)NCCOC(N)=O. The van der Waals surface area contributed by atoms with Crippen LogP contribution in [0.5, 0.6) is 0 Å². The summed E-state index contributed by atoms with van der Waals surface area (Å²) in [5.74, 6) is 0.217. The van der Waals surface area contributed by atoms with E-state index < -0.39 is 6.09 Å². The number of primary amides is 1. The van der Waals surface area contributed by atoms with Gasteiger partial charge < -0.3 is 21.1 Å². The lowest BCUT2D eigenvalue weighted by atomic mass is 10.2. The second-order valence-electron chi connectivity index (χ2n) is 3.90. The molecule has 0 spiro atoms. The lowest BCUT2D eigenvalue weighted by Crippen LogP contribution is -2.29. The first-order valence-electron chi connectivity index (χ1n) is 6.14. The number of pyridine rings is 1. The van der Waals surface area contributed by atoms with Crippen LogP contribution in [0.25, 0.3) is 0 Å². The zero-order chi connectivity index (χ0) is 15.0. The van der Waals surface area contributed by atoms with Crippen molar-refractivity contribution >= 4 is 33.7 Å². The molecule has 0 aliphatic carbocycles. The van der Waals surface area contributed by atoms with Crippen molar-refractivity contribution in [2.45, 2.75) is 13.3 Å². The molecular weight excluding hydrogens is 328 g/mol. The maximum Gasteiger partial charge on any atom is 0.404 e. The van der Waals surface area contributed by atoms with Gasteiger partial charge in [-0.1, -0.05) is 6.92 Å². The van der Waals surface area contributed by atoms with Crippen molar-refractivity contribution in [3.63, 3.8) is 0 Å². The Balaban J connectivity index is 2.65. The molecule has 7 nitrogen and oxygen atoms in total. The number of hydrogen-bond acceptors (Lipinski definition) is 5. The predicted octanol–water partition coefficient (Wildman–Crippen LogP) is 1.49. The fourth-order valence-corrected chi connectivity index (χ4v) is 1.74. The second kappa shape index (κ2) is 8.36. The molecule has 20 heavy (non-hydrogen) atoms. The number of nitrogens with one attached hydrogen (secondary N) is 2. The summed E-state index contributed by atoms with van der Waals surface area (Å²) in [6.45, 7) is 2.95. The van der Waals surface area contributed by atoms with Gasteiger partial charge in [-0.15, -0.1) is 0 Å². The predicted molar refractivity (Wildman–Crippen MR) is 78.6 cm³/mol. The average molecular weight is 345 g/mol. The fourth-order valence-electron chi connectivity index (χ4n) is 1.41. The van der Waals surface area contributed by atoms with Crippen LogP contribution in [0.3, 0.4) is 0 Å². The molecule has 0 atom stereocenters. The third-order valence-corrected chi connectivity index (χ3v) is 2.71. The van der Waals surface area contributed by atoms with Crippen molar-refractivity contribution in [3.8, 4) is 0 Å². The van der Waals surface area contributed by atoms with Gasteiger partial charge in [0.1, 0.15) is 12.4 Å². The van der Waals surface area contributed by atoms with Crippen LogP contribution in [0.1, 0.15) is 23.7 Å². The van der Waals surface area contributed by atoms with Crippen LogP contribution >= 0.6 is 15.9 Å². The van der Waals surface area contributed by atoms with Crippen LogP contribution in [-0.4, -0.2) is 36.7 Å². The summed E-state index contributed by atoms with van der Waals surface area (Å²) in [6.07, 6.45) is 1.67. The molecule has 0 aliphatic heterocycles. The van der Waals surface area contributed by atoms with Gasteiger partial charge in [0.15, 0.2) is 0 Å². The molecule has 8 heteroatoms. The summed E-state index contributed by atoms with van der Waals surface area (Å²) in [5, 5.41) is 5.71. The highest BCUT2D eigenvalue weighted by atomic mass is 79.9. The van der Waals surface area contributed by atoms with E-state index in [4.69, 9.17) is 5.73 Å². The van der Waals surface area contributed by atoms with Crippen molar-refractivity contribution in [1.29, 1.82) is 0 Å². The van der Waals surface area contributed by atoms with Gasteiger partial charge in [-0.05, 0) is 28.4 Å². The molecular formula is C12H17BrN4O3. The smallest absolute Gasteiger partial charge is 0.404 e. The molecule has 0 aromatic carbocycles. The van der Waals surface area contributed by atoms with Gasteiger partial charge in [-0.3, -0.25) is 4.79 Å². The first-order valence-corrected chi connectivity index (χ1v) is 6.93. The van der Waals surface area contributed by atoms with Crippen LogP contribution in [0.15, 0.2) is 16.7 Å². The molecule has 1 rings (SSSR count). The Bertz CT molecular complexity index is 482. The summed E-state index contributed by atoms with van der Waals surface area (Å²) in [4.78, 5) is 26.6. The topological polar surface area (TPSA) is 106 Å². The van der Waals surface area contributed by atoms with Crippen molar-refractivity contribution < 1.29 is 14.3 Å². The fraction of sp³-hybridized carbons (Fsp3) is 0.417. The van der Waals surface area contributed by atoms with E-state index >= 15 is 0 Å². The van der Waals surface area contributed by atoms with Crippen LogP contribution in [0, 0.1) is 0 Å². The standard InChI is InChI=1S/C12H17BrN4O3/c1-2-3-15-10-9(6-8(13)7-17-10)11(18)16-4-5-20-12(14)19/h6-7H,2-5H2,1H3,(H2,14,19)(H,15,17)(H,16,18). The summed E-state index contributed by atoms with van der Waals surface area (Å²) in [6, 6.07) is 1.68. The molecule has 0 aliphatic rings. The number of aromatic nitrogens is 1. The van der Waals surface area contributed by atoms with E-state index in [9.17, 15) is 9.59 Å². The highest BCUT2D eigenvalue weighted by Gasteiger charge is 2.13. The molecule has 0 unspecified atom stereocenters. The average Bonchev–Trinajstić information content (AvgIpc) is 2.41. The highest BCUT2D eigenvalue weighted by molar-refractivity contribution is 9.10. The molecule has 0 bridgehead atoms. The third-order valence-electron chi connectivity index (χ3n) is 2.27. The molecule has 0 saturated carbocycles. The second-order valence-corrected chi connectivity index (χ2v) is 4.82. The Labute approximate surface area is 125 Å². The van der Waals surface area contributed by atoms with E-state index in [1.165, 1.54) is 0 Å². The quantitative estimate of drug-likeness (QED) is 0.649. The van der Waals surface area contributed by atoms with E-state index in [0.717, 1.165) is 13.0 Å². The van der Waals surface area contributed by atoms with Gasteiger partial charge in [0, 0.05) is 17.2 Å². The highest BCUT2D eigenvalue weighted by Crippen LogP contribution is 2.18. The normalized spacial score (nSPS) is 9.90. The van der Waals surface area contributed by atoms with Gasteiger partial charge in [-0.2, -0.15) is 0 Å². The zero-order valence-corrected chi connectivity index (χ0v) is 12.7. The zero-order valence-electron chi connectivity index (χ0n) is 11.1. The minimum Gasteiger partial charge on any atom is -0.448 e. The molecule has 0 saturated heterocycles. The van der Waals surface area contributed by atoms with E-state index in [-0.39, 0.29) is 19.1 Å². The van der Waals surface area contributed by atoms with Crippen LogP contribution < -0.4 is 16.4 Å². The van der Waals surface area contributed by atoms with E-state index in [0.29, 0.717) is 15.9 Å². The number of halogens is 1. The Hall–Kier alpha value is -1.83. The number of anilines is 1. The Morgan fingerprint density at radius 2 is 2.20 bits per heavy atom. The van der Waals surface area contributed by atoms with Crippen LogP contribution in [0.4, 0.5) is 10.6 Å². The minimum atomic E-state index is -0.867. The Morgan fingerprint density at radius 3 is 2.85 bits per heavy atom. The van der Waals surface area contributed by atoms with E-state index in [2.05, 4.69) is 36.3 Å². The summed E-state index contributed by atoms with van der Waals surface area (Å²) in [5.41, 5.74) is 5.24. The van der Waals surface area contributed by atoms with Gasteiger partial charge >= 0.3 is 6.09 Å². The number of amides is 2. The number of rotatable bonds is 7. The number of hydrogen-bond donors (Lipinski definition) is 3. The Morgan fingerprint density at radius 1 is 1.45 bits per heavy atom. The number of carbonyl (C=O) groups is 2. The largest absolute Gasteiger partial charge is 0.448 e. The third kappa shape index (κ3) is 5.43. The molecule has 2 amide bonds. The first kappa shape index (κ1) is 16.2. The summed E-state index contributed by atoms with van der Waals surface area (Å²) >= 11 is 3.28. The molecule has 1 heterocycles. The van der Waals surface area contributed by atoms with Crippen molar-refractivity contribution in [1.82, 2.24) is 10.3 Å². The minimum absolute atomic E-state index is 0.0280. The summed E-state index contributed by atoms with van der Waals surface area (Å²) < 4.78 is 5.24. The van der Waals surface area contributed by atoms with Crippen molar-refractivity contribution in [2.75, 3.05) is 25.0 Å². The van der Waals surface area contributed by atoms with Crippen LogP contribution in [0.2, 0.25) is 0 Å². The molecule has 110 valence electrons. The first-order chi connectivity index (χ1) is 9.54. The molecule has 0 radical (unpaired) electrons. The lowest BCUT2D eigenvalue weighted by Gasteiger charge is -2.11. The van der Waals surface area contributed by atoms with Crippen molar-refractivity contribution in [3.05, 3.63) is 22.3 Å². The molecule has 4 N–H and O–H groups in total. The van der Waals surface area contributed by atoms with Gasteiger partial charge in [0.05, 0.1) is 12.1 Å². The van der Waals surface area contributed by atoms with Crippen molar-refractivity contribution in [2.24, 2.45) is 5.73 Å². The molecule has 1 aromatic heterocycles. The van der Waals surface area contributed by atoms with Gasteiger partial charge in [0.2, 0.25) is 0 Å². The Kier molecular flexibility index (Phi) is 6.78. The molecule has 1 aromatic rings. The summed E-state index contributed by atoms with van der Waals surface area (Å²) in [7, 11) is 0. The van der Waals surface area contributed by atoms with Crippen LogP contribution in [-0.2, 0) is 4.74 Å². The maximum atomic E-state index is 12.0. The molecule has 0 fully saturated rings. The van der Waals surface area contributed by atoms with E-state index in [1.807, 2.05) is 6.92 Å². The van der Waals surface area contributed by atoms with Gasteiger partial charge in [-0.25, -0.2) is 9.78 Å². The lowest BCUT2D eigenvalue weighted by molar-refractivity contribution is 0.0937. The van der Waals surface area contributed by atoms with Gasteiger partial charge in [0.25, 0.3) is 5.91 Å². The maximum absolute atomic E-state index is 12.0. The van der Waals surface area contributed by atoms with E-state index in [1.54, 1.807) is 12.3 Å². The number of carbonyl (C=O) groups excluding carboxylic acids is 2. The number of nitrogens with zero attached hydrogens (tertiary/aromatic N) is 1. The monoisotopic (exact) mass is 344 g/mol.